The fourth-order valence-corrected chi connectivity index (χ4v) is 7.84. The van der Waals surface area contributed by atoms with E-state index in [1.165, 1.54) is 0 Å². The van der Waals surface area contributed by atoms with Gasteiger partial charge in [0.2, 0.25) is 15.9 Å². The highest BCUT2D eigenvalue weighted by Crippen LogP contribution is 2.28. The largest absolute Gasteiger partial charge is 0.494 e. The van der Waals surface area contributed by atoms with Crippen LogP contribution in [0.1, 0.15) is 78.3 Å². The Morgan fingerprint density at radius 2 is 1.68 bits per heavy atom. The predicted octanol–water partition coefficient (Wildman–Crippen LogP) is 3.66. The molecule has 2 aromatic carbocycles. The molecule has 15 nitrogen and oxygen atoms in total. The molecule has 0 saturated heterocycles. The van der Waals surface area contributed by atoms with Crippen molar-refractivity contribution in [2.45, 2.75) is 89.7 Å². The number of nitrogens with zero attached hydrogens (tertiary/aromatic N) is 2. The molecule has 2 heterocycles. The van der Waals surface area contributed by atoms with E-state index in [9.17, 15) is 27.6 Å². The van der Waals surface area contributed by atoms with Crippen molar-refractivity contribution >= 4 is 39.7 Å². The first-order chi connectivity index (χ1) is 26.5. The third-order valence-electron chi connectivity index (χ3n) is 8.83. The minimum atomic E-state index is -4.26. The SMILES string of the molecule is COC(=O)[C@H](CNC(=O)c1ccc(CCc2ccc3c(n2)N(C(=O)OC(C)(C)C)CCC3)cc1)NS(=O)(=O)c1c(C)cc(OCCCC(=O)NCCN)cc1C. The molecule has 0 spiro atoms. The molecule has 0 saturated carbocycles. The lowest BCUT2D eigenvalue weighted by molar-refractivity contribution is -0.142. The normalized spacial score (nSPS) is 13.3. The van der Waals surface area contributed by atoms with E-state index in [4.69, 9.17) is 24.9 Å². The van der Waals surface area contributed by atoms with Crippen LogP contribution in [0.15, 0.2) is 53.4 Å². The number of sulfonamides is 1. The second-order valence-corrected chi connectivity index (χ2v) is 16.3. The number of benzene rings is 2. The van der Waals surface area contributed by atoms with Crippen LogP contribution in [0.2, 0.25) is 0 Å². The number of fused-ring (bicyclic) bond motifs is 1. The van der Waals surface area contributed by atoms with E-state index in [-0.39, 0.29) is 30.4 Å². The van der Waals surface area contributed by atoms with Crippen molar-refractivity contribution in [2.75, 3.05) is 44.8 Å². The van der Waals surface area contributed by atoms with E-state index in [2.05, 4.69) is 15.4 Å². The maximum Gasteiger partial charge on any atom is 0.416 e. The number of carbonyl (C=O) groups excluding carboxylic acids is 4. The number of rotatable bonds is 17. The smallest absolute Gasteiger partial charge is 0.416 e. The quantitative estimate of drug-likeness (QED) is 0.115. The zero-order chi connectivity index (χ0) is 41.0. The number of esters is 1. The standard InChI is InChI=1S/C40H54N6O9S/c1-26-23-32(54-22-8-10-34(47)42-20-19-41)24-27(2)35(26)56(51,52)45-33(38(49)53-6)25-43-37(48)30-14-11-28(12-15-30)13-17-31-18-16-29-9-7-21-46(36(29)44-31)39(50)55-40(3,4)5/h11-12,14-16,18,23-24,33,45H,7-10,13,17,19-22,25,41H2,1-6H3,(H,42,47)(H,43,48)/t33-/m0/s1. The van der Waals surface area contributed by atoms with E-state index < -0.39 is 39.6 Å². The number of anilines is 1. The van der Waals surface area contributed by atoms with E-state index in [1.807, 2.05) is 45.0 Å². The molecule has 56 heavy (non-hydrogen) atoms. The topological polar surface area (TPSA) is 208 Å². The summed E-state index contributed by atoms with van der Waals surface area (Å²) in [4.78, 5) is 56.8. The average Bonchev–Trinajstić information content (AvgIpc) is 3.14. The van der Waals surface area contributed by atoms with Crippen LogP contribution in [0.5, 0.6) is 5.75 Å². The number of nitrogens with one attached hydrogen (secondary N) is 3. The van der Waals surface area contributed by atoms with Crippen molar-refractivity contribution < 1.29 is 41.8 Å². The molecular formula is C40H54N6O9S. The molecule has 3 aromatic rings. The molecule has 16 heteroatoms. The van der Waals surface area contributed by atoms with Gasteiger partial charge in [-0.15, -0.1) is 0 Å². The zero-order valence-electron chi connectivity index (χ0n) is 33.0. The highest BCUT2D eigenvalue weighted by molar-refractivity contribution is 7.89. The molecule has 0 fully saturated rings. The summed E-state index contributed by atoms with van der Waals surface area (Å²) >= 11 is 0. The van der Waals surface area contributed by atoms with Gasteiger partial charge >= 0.3 is 12.1 Å². The third-order valence-corrected chi connectivity index (χ3v) is 10.6. The van der Waals surface area contributed by atoms with Crippen molar-refractivity contribution in [3.8, 4) is 5.75 Å². The minimum absolute atomic E-state index is 0.0345. The monoisotopic (exact) mass is 794 g/mol. The van der Waals surface area contributed by atoms with E-state index in [1.54, 1.807) is 43.0 Å². The first kappa shape index (κ1) is 43.7. The number of hydrogen-bond acceptors (Lipinski definition) is 11. The van der Waals surface area contributed by atoms with Gasteiger partial charge in [-0.25, -0.2) is 18.2 Å². The number of amides is 3. The van der Waals surface area contributed by atoms with Gasteiger partial charge in [0.25, 0.3) is 5.91 Å². The van der Waals surface area contributed by atoms with Gasteiger partial charge in [-0.05, 0) is 119 Å². The molecule has 0 bridgehead atoms. The van der Waals surface area contributed by atoms with Gasteiger partial charge in [-0.3, -0.25) is 19.3 Å². The molecule has 5 N–H and O–H groups in total. The number of ether oxygens (including phenoxy) is 3. The van der Waals surface area contributed by atoms with Gasteiger partial charge in [0.15, 0.2) is 0 Å². The number of methoxy groups -OCH3 is 1. The fraction of sp³-hybridized carbons (Fsp3) is 0.475. The van der Waals surface area contributed by atoms with Crippen LogP contribution in [-0.2, 0) is 48.3 Å². The van der Waals surface area contributed by atoms with Crippen molar-refractivity contribution in [1.29, 1.82) is 0 Å². The van der Waals surface area contributed by atoms with Crippen LogP contribution in [0.4, 0.5) is 10.6 Å². The van der Waals surface area contributed by atoms with Crippen LogP contribution in [0, 0.1) is 13.8 Å². The molecular weight excluding hydrogens is 741 g/mol. The molecule has 1 aliphatic heterocycles. The van der Waals surface area contributed by atoms with Gasteiger partial charge in [0.1, 0.15) is 23.2 Å². The Labute approximate surface area is 329 Å². The summed E-state index contributed by atoms with van der Waals surface area (Å²) < 4.78 is 45.7. The molecule has 1 atom stereocenters. The first-order valence-corrected chi connectivity index (χ1v) is 20.2. The van der Waals surface area contributed by atoms with Crippen LogP contribution < -0.4 is 30.7 Å². The highest BCUT2D eigenvalue weighted by Gasteiger charge is 2.30. The Balaban J connectivity index is 1.33. The number of nitrogens with two attached hydrogens (primary N) is 1. The number of carbonyl (C=O) groups is 4. The summed E-state index contributed by atoms with van der Waals surface area (Å²) in [5, 5.41) is 5.32. The van der Waals surface area contributed by atoms with Crippen LogP contribution in [0.25, 0.3) is 0 Å². The van der Waals surface area contributed by atoms with E-state index in [0.29, 0.717) is 67.2 Å². The van der Waals surface area contributed by atoms with Gasteiger partial charge in [-0.2, -0.15) is 4.72 Å². The number of pyridine rings is 1. The third kappa shape index (κ3) is 12.5. The summed E-state index contributed by atoms with van der Waals surface area (Å²) in [5.41, 5.74) is 8.64. The maximum absolute atomic E-state index is 13.6. The number of aromatic nitrogens is 1. The molecule has 0 unspecified atom stereocenters. The average molecular weight is 795 g/mol. The summed E-state index contributed by atoms with van der Waals surface area (Å²) in [5.74, 6) is -0.443. The van der Waals surface area contributed by atoms with Gasteiger partial charge in [0, 0.05) is 43.9 Å². The van der Waals surface area contributed by atoms with E-state index >= 15 is 0 Å². The van der Waals surface area contributed by atoms with Crippen LogP contribution >= 0.6 is 0 Å². The van der Waals surface area contributed by atoms with Crippen molar-refractivity contribution in [2.24, 2.45) is 5.73 Å². The lowest BCUT2D eigenvalue weighted by Gasteiger charge is -2.31. The molecule has 0 aliphatic carbocycles. The zero-order valence-corrected chi connectivity index (χ0v) is 33.8. The lowest BCUT2D eigenvalue weighted by Crippen LogP contribution is -2.49. The molecule has 1 aliphatic rings. The maximum atomic E-state index is 13.6. The Morgan fingerprint density at radius 1 is 0.982 bits per heavy atom. The van der Waals surface area contributed by atoms with Crippen molar-refractivity contribution in [3.05, 3.63) is 82.0 Å². The van der Waals surface area contributed by atoms with Gasteiger partial charge in [0.05, 0.1) is 18.6 Å². The summed E-state index contributed by atoms with van der Waals surface area (Å²) in [6.07, 6.45) is 3.21. The van der Waals surface area contributed by atoms with Crippen molar-refractivity contribution in [1.82, 2.24) is 20.3 Å². The number of aryl methyl sites for hydroxylation is 5. The fourth-order valence-electron chi connectivity index (χ4n) is 6.21. The Hall–Kier alpha value is -5.06. The first-order valence-electron chi connectivity index (χ1n) is 18.7. The molecule has 1 aromatic heterocycles. The summed E-state index contributed by atoms with van der Waals surface area (Å²) in [6.45, 7) is 9.89. The van der Waals surface area contributed by atoms with Gasteiger partial charge in [-0.1, -0.05) is 18.2 Å². The van der Waals surface area contributed by atoms with Crippen molar-refractivity contribution in [3.63, 3.8) is 0 Å². The van der Waals surface area contributed by atoms with E-state index in [0.717, 1.165) is 36.8 Å². The highest BCUT2D eigenvalue weighted by atomic mass is 32.2. The molecule has 304 valence electrons. The minimum Gasteiger partial charge on any atom is -0.494 e. The van der Waals surface area contributed by atoms with Crippen LogP contribution in [0.3, 0.4) is 0 Å². The molecule has 0 radical (unpaired) electrons. The number of hydrogen-bond donors (Lipinski definition) is 4. The Morgan fingerprint density at radius 3 is 2.32 bits per heavy atom. The molecule has 4 rings (SSSR count). The van der Waals surface area contributed by atoms with Crippen LogP contribution in [-0.4, -0.2) is 88.8 Å². The Bertz CT molecular complexity index is 1960. The second kappa shape index (κ2) is 19.7. The predicted molar refractivity (Wildman–Crippen MR) is 211 cm³/mol. The van der Waals surface area contributed by atoms with Gasteiger partial charge < -0.3 is 30.6 Å². The lowest BCUT2D eigenvalue weighted by atomic mass is 10.0. The molecule has 3 amide bonds. The summed E-state index contributed by atoms with van der Waals surface area (Å²) in [7, 11) is -3.13. The second-order valence-electron chi connectivity index (χ2n) is 14.6. The Kier molecular flexibility index (Phi) is 15.4. The summed E-state index contributed by atoms with van der Waals surface area (Å²) in [6, 6.07) is 12.6.